The standard InChI is InChI=1S/C12H11NO2S/c1-8-10(3-2-4-11(8)14)12(15)13-9-5-6-16-7-9/h2-7,14H,1H3,(H,13,15). The molecule has 0 aliphatic heterocycles. The van der Waals surface area contributed by atoms with Crippen LogP contribution >= 0.6 is 11.3 Å². The van der Waals surface area contributed by atoms with E-state index in [9.17, 15) is 9.90 Å². The highest BCUT2D eigenvalue weighted by molar-refractivity contribution is 7.08. The van der Waals surface area contributed by atoms with Crippen molar-refractivity contribution < 1.29 is 9.90 Å². The third kappa shape index (κ3) is 2.06. The minimum Gasteiger partial charge on any atom is -0.508 e. The van der Waals surface area contributed by atoms with Gasteiger partial charge in [0, 0.05) is 16.5 Å². The van der Waals surface area contributed by atoms with Crippen LogP contribution < -0.4 is 5.32 Å². The number of anilines is 1. The van der Waals surface area contributed by atoms with E-state index in [1.54, 1.807) is 25.1 Å². The van der Waals surface area contributed by atoms with Crippen molar-refractivity contribution in [3.63, 3.8) is 0 Å². The Labute approximate surface area is 97.4 Å². The molecule has 0 aliphatic carbocycles. The zero-order valence-electron chi connectivity index (χ0n) is 8.73. The molecule has 0 fully saturated rings. The van der Waals surface area contributed by atoms with Gasteiger partial charge in [0.1, 0.15) is 5.75 Å². The summed E-state index contributed by atoms with van der Waals surface area (Å²) < 4.78 is 0. The third-order valence-electron chi connectivity index (χ3n) is 2.33. The molecule has 0 aliphatic rings. The first kappa shape index (κ1) is 10.7. The fourth-order valence-corrected chi connectivity index (χ4v) is 1.99. The van der Waals surface area contributed by atoms with Crippen LogP contribution in [0.4, 0.5) is 5.69 Å². The molecule has 2 rings (SSSR count). The molecule has 2 N–H and O–H groups in total. The number of aromatic hydroxyl groups is 1. The number of hydrogen-bond acceptors (Lipinski definition) is 3. The van der Waals surface area contributed by atoms with E-state index in [1.807, 2.05) is 16.8 Å². The van der Waals surface area contributed by atoms with E-state index in [-0.39, 0.29) is 11.7 Å². The van der Waals surface area contributed by atoms with Crippen LogP contribution in [-0.2, 0) is 0 Å². The highest BCUT2D eigenvalue weighted by atomic mass is 32.1. The van der Waals surface area contributed by atoms with E-state index in [4.69, 9.17) is 0 Å². The van der Waals surface area contributed by atoms with Gasteiger partial charge in [-0.05, 0) is 30.5 Å². The zero-order valence-corrected chi connectivity index (χ0v) is 9.54. The van der Waals surface area contributed by atoms with Crippen molar-refractivity contribution in [3.8, 4) is 5.75 Å². The van der Waals surface area contributed by atoms with E-state index in [0.29, 0.717) is 11.1 Å². The van der Waals surface area contributed by atoms with Gasteiger partial charge in [0.2, 0.25) is 0 Å². The van der Waals surface area contributed by atoms with Crippen LogP contribution in [0.25, 0.3) is 0 Å². The van der Waals surface area contributed by atoms with E-state index in [0.717, 1.165) is 5.69 Å². The lowest BCUT2D eigenvalue weighted by Gasteiger charge is -2.07. The molecular weight excluding hydrogens is 222 g/mol. The Kier molecular flexibility index (Phi) is 2.92. The summed E-state index contributed by atoms with van der Waals surface area (Å²) >= 11 is 1.52. The third-order valence-corrected chi connectivity index (χ3v) is 3.01. The topological polar surface area (TPSA) is 49.3 Å². The number of amides is 1. The number of hydrogen-bond donors (Lipinski definition) is 2. The zero-order chi connectivity index (χ0) is 11.5. The molecule has 0 bridgehead atoms. The van der Waals surface area contributed by atoms with Crippen molar-refractivity contribution in [2.75, 3.05) is 5.32 Å². The smallest absolute Gasteiger partial charge is 0.256 e. The maximum absolute atomic E-state index is 11.9. The van der Waals surface area contributed by atoms with Crippen molar-refractivity contribution in [1.29, 1.82) is 0 Å². The number of rotatable bonds is 2. The van der Waals surface area contributed by atoms with E-state index in [1.165, 1.54) is 11.3 Å². The summed E-state index contributed by atoms with van der Waals surface area (Å²) in [5.74, 6) is -0.0650. The molecule has 1 aromatic carbocycles. The van der Waals surface area contributed by atoms with E-state index < -0.39 is 0 Å². The number of phenolic OH excluding ortho intramolecular Hbond substituents is 1. The van der Waals surface area contributed by atoms with Crippen LogP contribution in [0.5, 0.6) is 5.75 Å². The van der Waals surface area contributed by atoms with Crippen molar-refractivity contribution in [1.82, 2.24) is 0 Å². The first-order chi connectivity index (χ1) is 7.68. The molecule has 82 valence electrons. The molecular formula is C12H11NO2S. The Hall–Kier alpha value is -1.81. The summed E-state index contributed by atoms with van der Waals surface area (Å²) in [5, 5.41) is 16.0. The van der Waals surface area contributed by atoms with Gasteiger partial charge in [-0.3, -0.25) is 4.79 Å². The Morgan fingerprint density at radius 3 is 2.88 bits per heavy atom. The predicted molar refractivity (Wildman–Crippen MR) is 65.1 cm³/mol. The van der Waals surface area contributed by atoms with Gasteiger partial charge in [-0.25, -0.2) is 0 Å². The van der Waals surface area contributed by atoms with Gasteiger partial charge in [-0.2, -0.15) is 11.3 Å². The van der Waals surface area contributed by atoms with Gasteiger partial charge >= 0.3 is 0 Å². The number of phenols is 1. The first-order valence-electron chi connectivity index (χ1n) is 4.80. The van der Waals surface area contributed by atoms with Crippen LogP contribution in [0, 0.1) is 6.92 Å². The van der Waals surface area contributed by atoms with Crippen LogP contribution in [-0.4, -0.2) is 11.0 Å². The van der Waals surface area contributed by atoms with Gasteiger partial charge < -0.3 is 10.4 Å². The first-order valence-corrected chi connectivity index (χ1v) is 5.75. The van der Waals surface area contributed by atoms with Crippen LogP contribution in [0.3, 0.4) is 0 Å². The van der Waals surface area contributed by atoms with Crippen LogP contribution in [0.1, 0.15) is 15.9 Å². The monoisotopic (exact) mass is 233 g/mol. The predicted octanol–water partition coefficient (Wildman–Crippen LogP) is 3.01. The Balaban J connectivity index is 2.24. The molecule has 2 aromatic rings. The van der Waals surface area contributed by atoms with Gasteiger partial charge in [0.25, 0.3) is 5.91 Å². The molecule has 0 atom stereocenters. The second-order valence-corrected chi connectivity index (χ2v) is 4.20. The highest BCUT2D eigenvalue weighted by Gasteiger charge is 2.11. The molecule has 0 radical (unpaired) electrons. The Morgan fingerprint density at radius 2 is 2.19 bits per heavy atom. The normalized spacial score (nSPS) is 10.1. The molecule has 1 heterocycles. The largest absolute Gasteiger partial charge is 0.508 e. The quantitative estimate of drug-likeness (QED) is 0.837. The summed E-state index contributed by atoms with van der Waals surface area (Å²) in [5.41, 5.74) is 1.86. The number of nitrogens with one attached hydrogen (secondary N) is 1. The number of carbonyl (C=O) groups is 1. The average molecular weight is 233 g/mol. The molecule has 3 nitrogen and oxygen atoms in total. The number of carbonyl (C=O) groups excluding carboxylic acids is 1. The lowest BCUT2D eigenvalue weighted by molar-refractivity contribution is 0.102. The summed E-state index contributed by atoms with van der Waals surface area (Å²) in [7, 11) is 0. The van der Waals surface area contributed by atoms with Gasteiger partial charge in [-0.1, -0.05) is 6.07 Å². The number of benzene rings is 1. The molecule has 0 saturated carbocycles. The second-order valence-electron chi connectivity index (χ2n) is 3.42. The fourth-order valence-electron chi connectivity index (χ4n) is 1.40. The van der Waals surface area contributed by atoms with E-state index in [2.05, 4.69) is 5.32 Å². The van der Waals surface area contributed by atoms with Gasteiger partial charge in [-0.15, -0.1) is 0 Å². The van der Waals surface area contributed by atoms with Crippen molar-refractivity contribution in [2.24, 2.45) is 0 Å². The van der Waals surface area contributed by atoms with Gasteiger partial charge in [0.15, 0.2) is 0 Å². The second kappa shape index (κ2) is 4.37. The summed E-state index contributed by atoms with van der Waals surface area (Å²) in [4.78, 5) is 11.9. The molecule has 1 aromatic heterocycles. The lowest BCUT2D eigenvalue weighted by Crippen LogP contribution is -2.12. The molecule has 4 heteroatoms. The van der Waals surface area contributed by atoms with Crippen molar-refractivity contribution in [2.45, 2.75) is 6.92 Å². The summed E-state index contributed by atoms with van der Waals surface area (Å²) in [6.45, 7) is 1.72. The maximum atomic E-state index is 11.9. The molecule has 0 saturated heterocycles. The number of thiophene rings is 1. The minimum atomic E-state index is -0.202. The SMILES string of the molecule is Cc1c(O)cccc1C(=O)Nc1ccsc1. The maximum Gasteiger partial charge on any atom is 0.256 e. The van der Waals surface area contributed by atoms with Gasteiger partial charge in [0.05, 0.1) is 5.69 Å². The van der Waals surface area contributed by atoms with Crippen molar-refractivity contribution >= 4 is 22.9 Å². The molecule has 1 amide bonds. The molecule has 0 unspecified atom stereocenters. The summed E-state index contributed by atoms with van der Waals surface area (Å²) in [6, 6.07) is 6.75. The molecule has 16 heavy (non-hydrogen) atoms. The highest BCUT2D eigenvalue weighted by Crippen LogP contribution is 2.21. The van der Waals surface area contributed by atoms with Crippen LogP contribution in [0.15, 0.2) is 35.0 Å². The van der Waals surface area contributed by atoms with Crippen LogP contribution in [0.2, 0.25) is 0 Å². The summed E-state index contributed by atoms with van der Waals surface area (Å²) in [6.07, 6.45) is 0. The average Bonchev–Trinajstić information content (AvgIpc) is 2.74. The van der Waals surface area contributed by atoms with E-state index >= 15 is 0 Å². The fraction of sp³-hybridized carbons (Fsp3) is 0.0833. The Bertz CT molecular complexity index is 506. The lowest BCUT2D eigenvalue weighted by atomic mass is 10.1. The Morgan fingerprint density at radius 1 is 1.38 bits per heavy atom. The van der Waals surface area contributed by atoms with Crippen molar-refractivity contribution in [3.05, 3.63) is 46.2 Å². The molecule has 0 spiro atoms. The minimum absolute atomic E-state index is 0.137.